The molecule has 220 valence electrons. The molecule has 5 rings (SSSR count). The predicted octanol–water partition coefficient (Wildman–Crippen LogP) is 0.528. The Kier molecular flexibility index (Phi) is 8.22. The topological polar surface area (TPSA) is 171 Å². The Morgan fingerprint density at radius 3 is 2.65 bits per heavy atom. The molecule has 0 spiro atoms. The van der Waals surface area contributed by atoms with Gasteiger partial charge in [0, 0.05) is 13.1 Å². The fourth-order valence-corrected chi connectivity index (χ4v) is 6.86. The van der Waals surface area contributed by atoms with E-state index in [1.54, 1.807) is 13.2 Å². The first kappa shape index (κ1) is 28.9. The van der Waals surface area contributed by atoms with E-state index < -0.39 is 48.9 Å². The summed E-state index contributed by atoms with van der Waals surface area (Å²) in [6.45, 7) is 2.70. The van der Waals surface area contributed by atoms with E-state index in [1.165, 1.54) is 13.4 Å². The molecular weight excluding hydrogens is 524 g/mol. The van der Waals surface area contributed by atoms with Crippen molar-refractivity contribution in [3.8, 4) is 5.75 Å². The van der Waals surface area contributed by atoms with Gasteiger partial charge in [0.15, 0.2) is 6.29 Å². The summed E-state index contributed by atoms with van der Waals surface area (Å²) < 4.78 is 23.3. The average Bonchev–Trinajstić information content (AvgIpc) is 3.30. The minimum absolute atomic E-state index is 0.0894. The first-order chi connectivity index (χ1) is 19.2. The maximum Gasteiger partial charge on any atom is 0.334 e. The lowest BCUT2D eigenvalue weighted by atomic mass is 9.70. The van der Waals surface area contributed by atoms with Crippen molar-refractivity contribution in [1.82, 2.24) is 4.90 Å². The molecule has 4 aliphatic heterocycles. The Morgan fingerprint density at radius 2 is 2.00 bits per heavy atom. The van der Waals surface area contributed by atoms with Gasteiger partial charge in [-0.2, -0.15) is 0 Å². The van der Waals surface area contributed by atoms with Crippen LogP contribution >= 0.6 is 0 Å². The second kappa shape index (κ2) is 11.4. The van der Waals surface area contributed by atoms with E-state index in [0.717, 1.165) is 6.42 Å². The normalized spacial score (nSPS) is 37.7. The summed E-state index contributed by atoms with van der Waals surface area (Å²) in [5, 5.41) is 51.4. The SMILES string of the molecule is CC[C@@H]1CN2CC[C@@]3(OC4OC(CO)C(O)C(O)C4O)C(=Nc4cccc(OC)c43)[C@@H]2C[C@@H]1/C(=C\OC)C(=O)O. The highest BCUT2D eigenvalue weighted by atomic mass is 16.7. The van der Waals surface area contributed by atoms with Gasteiger partial charge in [-0.1, -0.05) is 19.4 Å². The highest BCUT2D eigenvalue weighted by Gasteiger charge is 2.58. The standard InChI is InChI=1S/C28H38N2O10/c1-4-14-11-30-9-8-28(40-27-24(34)23(33)22(32)20(12-31)39-27)21-17(6-5-7-19(21)38-3)29-25(28)18(30)10-15(14)16(13-37-2)26(35)36/h5-7,13-15,18,20,22-24,27,31-34H,4,8-12H2,1-3H3,(H,35,36)/b16-13+/t14-,15+,18+,20?,22?,23?,24?,27?,28+/m1/s1. The third-order valence-electron chi connectivity index (χ3n) is 8.89. The molecule has 0 radical (unpaired) electrons. The zero-order chi connectivity index (χ0) is 28.8. The summed E-state index contributed by atoms with van der Waals surface area (Å²) in [5.41, 5.74) is 0.894. The van der Waals surface area contributed by atoms with Crippen LogP contribution in [0, 0.1) is 11.8 Å². The Balaban J connectivity index is 1.57. The maximum atomic E-state index is 12.2. The van der Waals surface area contributed by atoms with Gasteiger partial charge in [-0.15, -0.1) is 0 Å². The number of benzene rings is 1. The van der Waals surface area contributed by atoms with Crippen LogP contribution < -0.4 is 4.74 Å². The van der Waals surface area contributed by atoms with Crippen molar-refractivity contribution >= 4 is 17.4 Å². The number of aliphatic hydroxyl groups is 4. The average molecular weight is 563 g/mol. The largest absolute Gasteiger partial charge is 0.504 e. The van der Waals surface area contributed by atoms with Crippen LogP contribution in [0.1, 0.15) is 31.7 Å². The Morgan fingerprint density at radius 1 is 1.23 bits per heavy atom. The smallest absolute Gasteiger partial charge is 0.334 e. The number of aliphatic hydroxyl groups excluding tert-OH is 4. The van der Waals surface area contributed by atoms with Gasteiger partial charge in [-0.05, 0) is 36.8 Å². The van der Waals surface area contributed by atoms with Gasteiger partial charge in [0.25, 0.3) is 0 Å². The van der Waals surface area contributed by atoms with E-state index >= 15 is 0 Å². The van der Waals surface area contributed by atoms with Gasteiger partial charge in [-0.3, -0.25) is 9.89 Å². The van der Waals surface area contributed by atoms with Crippen LogP contribution in [0.25, 0.3) is 0 Å². The molecular formula is C28H38N2O10. The van der Waals surface area contributed by atoms with E-state index in [0.29, 0.717) is 48.6 Å². The molecule has 3 fully saturated rings. The summed E-state index contributed by atoms with van der Waals surface area (Å²) in [6.07, 6.45) is -4.29. The number of carboxylic acid groups (broad SMARTS) is 1. The van der Waals surface area contributed by atoms with E-state index in [4.69, 9.17) is 23.9 Å². The monoisotopic (exact) mass is 562 g/mol. The van der Waals surface area contributed by atoms with Crippen molar-refractivity contribution in [3.05, 3.63) is 35.6 Å². The maximum absolute atomic E-state index is 12.2. The molecule has 4 heterocycles. The minimum Gasteiger partial charge on any atom is -0.504 e. The Hall–Kier alpha value is -2.58. The van der Waals surface area contributed by atoms with Crippen molar-refractivity contribution < 1.29 is 49.3 Å². The van der Waals surface area contributed by atoms with Crippen molar-refractivity contribution in [2.24, 2.45) is 16.8 Å². The third-order valence-corrected chi connectivity index (χ3v) is 8.89. The number of hydrogen-bond acceptors (Lipinski definition) is 11. The second-order valence-electron chi connectivity index (χ2n) is 10.9. The molecule has 0 aliphatic carbocycles. The highest BCUT2D eigenvalue weighted by molar-refractivity contribution is 6.05. The predicted molar refractivity (Wildman–Crippen MR) is 141 cm³/mol. The Bertz CT molecular complexity index is 1170. The van der Waals surface area contributed by atoms with Gasteiger partial charge < -0.3 is 44.5 Å². The minimum atomic E-state index is -1.60. The fraction of sp³-hybridized carbons (Fsp3) is 0.643. The summed E-state index contributed by atoms with van der Waals surface area (Å²) >= 11 is 0. The summed E-state index contributed by atoms with van der Waals surface area (Å²) in [6, 6.07) is 5.15. The van der Waals surface area contributed by atoms with Crippen LogP contribution in [0.3, 0.4) is 0 Å². The van der Waals surface area contributed by atoms with Crippen molar-refractivity contribution in [3.63, 3.8) is 0 Å². The number of fused-ring (bicyclic) bond motifs is 5. The number of hydrogen-bond donors (Lipinski definition) is 5. The molecule has 1 aromatic carbocycles. The number of nitrogens with zero attached hydrogens (tertiary/aromatic N) is 2. The summed E-state index contributed by atoms with van der Waals surface area (Å²) in [4.78, 5) is 19.5. The van der Waals surface area contributed by atoms with Crippen LogP contribution in [-0.4, -0.2) is 113 Å². The quantitative estimate of drug-likeness (QED) is 0.221. The lowest BCUT2D eigenvalue weighted by Crippen LogP contribution is -2.65. The first-order valence-corrected chi connectivity index (χ1v) is 13.7. The van der Waals surface area contributed by atoms with Crippen molar-refractivity contribution in [2.75, 3.05) is 33.9 Å². The number of carboxylic acids is 1. The molecule has 0 saturated carbocycles. The van der Waals surface area contributed by atoms with Gasteiger partial charge in [0.05, 0.1) is 55.7 Å². The molecule has 5 N–H and O–H groups in total. The van der Waals surface area contributed by atoms with E-state index in [9.17, 15) is 30.3 Å². The summed E-state index contributed by atoms with van der Waals surface area (Å²) in [7, 11) is 2.98. The van der Waals surface area contributed by atoms with Gasteiger partial charge >= 0.3 is 5.97 Å². The van der Waals surface area contributed by atoms with Gasteiger partial charge in [-0.25, -0.2) is 4.79 Å². The van der Waals surface area contributed by atoms with Gasteiger partial charge in [0.2, 0.25) is 0 Å². The molecule has 0 amide bonds. The van der Waals surface area contributed by atoms with Crippen LogP contribution in [0.4, 0.5) is 5.69 Å². The number of methoxy groups -OCH3 is 2. The van der Waals surface area contributed by atoms with Crippen molar-refractivity contribution in [1.29, 1.82) is 0 Å². The third kappa shape index (κ3) is 4.61. The molecule has 9 atom stereocenters. The number of ether oxygens (including phenoxy) is 4. The first-order valence-electron chi connectivity index (χ1n) is 13.7. The van der Waals surface area contributed by atoms with Crippen molar-refractivity contribution in [2.45, 2.75) is 68.5 Å². The highest BCUT2D eigenvalue weighted by Crippen LogP contribution is 2.54. The number of aliphatic imine (C=N–C) groups is 1. The van der Waals surface area contributed by atoms with E-state index in [-0.39, 0.29) is 23.5 Å². The number of piperidine rings is 2. The molecule has 12 heteroatoms. The molecule has 5 unspecified atom stereocenters. The molecule has 0 aromatic heterocycles. The van der Waals surface area contributed by atoms with Crippen LogP contribution in [0.2, 0.25) is 0 Å². The zero-order valence-corrected chi connectivity index (χ0v) is 22.8. The molecule has 4 aliphatic rings. The summed E-state index contributed by atoms with van der Waals surface area (Å²) in [5.74, 6) is -0.720. The second-order valence-corrected chi connectivity index (χ2v) is 10.9. The molecule has 40 heavy (non-hydrogen) atoms. The number of carbonyl (C=O) groups is 1. The molecule has 0 bridgehead atoms. The van der Waals surface area contributed by atoms with E-state index in [2.05, 4.69) is 11.8 Å². The van der Waals surface area contributed by atoms with Crippen LogP contribution in [0.15, 0.2) is 35.0 Å². The van der Waals surface area contributed by atoms with Crippen LogP contribution in [0.5, 0.6) is 5.75 Å². The molecule has 3 saturated heterocycles. The van der Waals surface area contributed by atoms with Crippen LogP contribution in [-0.2, 0) is 24.6 Å². The number of rotatable bonds is 8. The van der Waals surface area contributed by atoms with E-state index in [1.807, 2.05) is 12.1 Å². The number of aliphatic carboxylic acids is 1. The lowest BCUT2D eigenvalue weighted by Gasteiger charge is -2.53. The fourth-order valence-electron chi connectivity index (χ4n) is 6.86. The Labute approximate surface area is 232 Å². The van der Waals surface area contributed by atoms with Gasteiger partial charge in [0.1, 0.15) is 35.8 Å². The molecule has 1 aromatic rings. The zero-order valence-electron chi connectivity index (χ0n) is 22.8. The molecule has 12 nitrogen and oxygen atoms in total. The lowest BCUT2D eigenvalue weighted by molar-refractivity contribution is -0.322.